The Morgan fingerprint density at radius 3 is 2.53 bits per heavy atom. The number of halogens is 1. The van der Waals surface area contributed by atoms with Crippen LogP contribution >= 0.6 is 0 Å². The molecule has 0 unspecified atom stereocenters. The molecule has 1 aromatic carbocycles. The van der Waals surface area contributed by atoms with E-state index in [1.807, 2.05) is 0 Å². The quantitative estimate of drug-likeness (QED) is 0.745. The number of nitrogens with two attached hydrogens (primary N) is 2. The molecule has 4 N–H and O–H groups in total. The Labute approximate surface area is 86.6 Å². The van der Waals surface area contributed by atoms with Crippen LogP contribution < -0.4 is 11.5 Å². The zero-order chi connectivity index (χ0) is 10.8. The van der Waals surface area contributed by atoms with Crippen molar-refractivity contribution in [1.82, 2.24) is 4.98 Å². The molecule has 1 heterocycles. The maximum Gasteiger partial charge on any atom is 0.132 e. The highest BCUT2D eigenvalue weighted by atomic mass is 19.1. The van der Waals surface area contributed by atoms with Crippen molar-refractivity contribution in [2.24, 2.45) is 0 Å². The average molecular weight is 203 g/mol. The second-order valence-corrected chi connectivity index (χ2v) is 3.14. The molecule has 3 nitrogen and oxygen atoms in total. The second-order valence-electron chi connectivity index (χ2n) is 3.14. The molecule has 0 bridgehead atoms. The van der Waals surface area contributed by atoms with Gasteiger partial charge in [-0.05, 0) is 18.2 Å². The normalized spacial score (nSPS) is 10.2. The molecule has 0 radical (unpaired) electrons. The highest BCUT2D eigenvalue weighted by molar-refractivity contribution is 5.81. The number of rotatable bonds is 1. The lowest BCUT2D eigenvalue weighted by Crippen LogP contribution is -2.00. The number of anilines is 2. The molecule has 0 saturated heterocycles. The number of nitrogens with zero attached hydrogens (tertiary/aromatic N) is 1. The average Bonchev–Trinajstić information content (AvgIpc) is 2.23. The van der Waals surface area contributed by atoms with Gasteiger partial charge in [0.2, 0.25) is 0 Å². The summed E-state index contributed by atoms with van der Waals surface area (Å²) in [7, 11) is 0. The summed E-state index contributed by atoms with van der Waals surface area (Å²) in [6.45, 7) is 0. The van der Waals surface area contributed by atoms with Gasteiger partial charge in [-0.25, -0.2) is 4.39 Å². The van der Waals surface area contributed by atoms with Crippen LogP contribution in [-0.2, 0) is 0 Å². The molecule has 1 aromatic heterocycles. The lowest BCUT2D eigenvalue weighted by Gasteiger charge is -2.07. The van der Waals surface area contributed by atoms with Crippen molar-refractivity contribution >= 4 is 11.4 Å². The number of hydrogen-bond acceptors (Lipinski definition) is 3. The smallest absolute Gasteiger partial charge is 0.132 e. The van der Waals surface area contributed by atoms with Crippen LogP contribution in [0.3, 0.4) is 0 Å². The zero-order valence-corrected chi connectivity index (χ0v) is 7.94. The van der Waals surface area contributed by atoms with Gasteiger partial charge in [-0.1, -0.05) is 12.1 Å². The Hall–Kier alpha value is -2.10. The maximum atomic E-state index is 13.5. The van der Waals surface area contributed by atoms with E-state index in [9.17, 15) is 4.39 Å². The summed E-state index contributed by atoms with van der Waals surface area (Å²) in [6.07, 6.45) is 1.51. The molecule has 0 aliphatic rings. The van der Waals surface area contributed by atoms with Crippen LogP contribution in [-0.4, -0.2) is 4.98 Å². The molecular weight excluding hydrogens is 193 g/mol. The van der Waals surface area contributed by atoms with E-state index in [0.29, 0.717) is 22.6 Å². The molecule has 2 rings (SSSR count). The first-order chi connectivity index (χ1) is 7.20. The minimum Gasteiger partial charge on any atom is -0.397 e. The number of pyridine rings is 1. The number of hydrogen-bond donors (Lipinski definition) is 2. The third kappa shape index (κ3) is 1.61. The molecule has 0 atom stereocenters. The van der Waals surface area contributed by atoms with Crippen LogP contribution in [0, 0.1) is 5.82 Å². The Morgan fingerprint density at radius 1 is 1.07 bits per heavy atom. The summed E-state index contributed by atoms with van der Waals surface area (Å²) >= 11 is 0. The van der Waals surface area contributed by atoms with Crippen molar-refractivity contribution in [3.05, 3.63) is 42.3 Å². The number of aromatic nitrogens is 1. The SMILES string of the molecule is Nc1ccnc(-c2ccccc2F)c1N. The van der Waals surface area contributed by atoms with Gasteiger partial charge in [-0.2, -0.15) is 0 Å². The van der Waals surface area contributed by atoms with Crippen molar-refractivity contribution in [3.63, 3.8) is 0 Å². The maximum absolute atomic E-state index is 13.5. The van der Waals surface area contributed by atoms with Gasteiger partial charge < -0.3 is 11.5 Å². The molecular formula is C11H10FN3. The fraction of sp³-hybridized carbons (Fsp3) is 0. The molecule has 0 aliphatic heterocycles. The lowest BCUT2D eigenvalue weighted by molar-refractivity contribution is 0.631. The van der Waals surface area contributed by atoms with Gasteiger partial charge in [0.25, 0.3) is 0 Å². The van der Waals surface area contributed by atoms with Crippen LogP contribution in [0.4, 0.5) is 15.8 Å². The summed E-state index contributed by atoms with van der Waals surface area (Å²) < 4.78 is 13.5. The first kappa shape index (κ1) is 9.45. The fourth-order valence-electron chi connectivity index (χ4n) is 1.36. The molecule has 0 saturated carbocycles. The predicted octanol–water partition coefficient (Wildman–Crippen LogP) is 2.05. The topological polar surface area (TPSA) is 64.9 Å². The van der Waals surface area contributed by atoms with Crippen LogP contribution in [0.2, 0.25) is 0 Å². The Bertz CT molecular complexity index is 497. The summed E-state index contributed by atoms with van der Waals surface area (Å²) in [5.74, 6) is -0.359. The van der Waals surface area contributed by atoms with Crippen LogP contribution in [0.1, 0.15) is 0 Å². The van der Waals surface area contributed by atoms with E-state index in [4.69, 9.17) is 11.5 Å². The summed E-state index contributed by atoms with van der Waals surface area (Å²) in [5.41, 5.74) is 12.8. The van der Waals surface area contributed by atoms with E-state index in [1.165, 1.54) is 12.3 Å². The van der Waals surface area contributed by atoms with Gasteiger partial charge in [-0.15, -0.1) is 0 Å². The van der Waals surface area contributed by atoms with Crippen molar-refractivity contribution in [3.8, 4) is 11.3 Å². The third-order valence-electron chi connectivity index (χ3n) is 2.15. The zero-order valence-electron chi connectivity index (χ0n) is 7.94. The first-order valence-corrected chi connectivity index (χ1v) is 4.45. The Balaban J connectivity index is 2.65. The van der Waals surface area contributed by atoms with E-state index in [0.717, 1.165) is 0 Å². The minimum atomic E-state index is -0.359. The van der Waals surface area contributed by atoms with Crippen molar-refractivity contribution in [1.29, 1.82) is 0 Å². The van der Waals surface area contributed by atoms with Crippen LogP contribution in [0.5, 0.6) is 0 Å². The standard InChI is InChI=1S/C11H10FN3/c12-8-4-2-1-3-7(8)11-10(14)9(13)5-6-15-11/h1-6H,14H2,(H2,13,15). The number of nitrogen functional groups attached to an aromatic ring is 2. The van der Waals surface area contributed by atoms with E-state index in [1.54, 1.807) is 24.3 Å². The minimum absolute atomic E-state index is 0.308. The molecule has 2 aromatic rings. The largest absolute Gasteiger partial charge is 0.397 e. The summed E-state index contributed by atoms with van der Waals surface area (Å²) in [4.78, 5) is 4.03. The summed E-state index contributed by atoms with van der Waals surface area (Å²) in [5, 5.41) is 0. The molecule has 0 fully saturated rings. The Morgan fingerprint density at radius 2 is 1.80 bits per heavy atom. The molecule has 0 spiro atoms. The first-order valence-electron chi connectivity index (χ1n) is 4.45. The predicted molar refractivity (Wildman–Crippen MR) is 58.5 cm³/mol. The van der Waals surface area contributed by atoms with Gasteiger partial charge >= 0.3 is 0 Å². The van der Waals surface area contributed by atoms with E-state index >= 15 is 0 Å². The van der Waals surface area contributed by atoms with Gasteiger partial charge in [0.15, 0.2) is 0 Å². The second kappa shape index (κ2) is 3.57. The van der Waals surface area contributed by atoms with Crippen molar-refractivity contribution in [2.75, 3.05) is 11.5 Å². The highest BCUT2D eigenvalue weighted by Crippen LogP contribution is 2.29. The molecule has 4 heteroatoms. The van der Waals surface area contributed by atoms with Gasteiger partial charge in [0.05, 0.1) is 17.1 Å². The molecule has 76 valence electrons. The number of benzene rings is 1. The Kier molecular flexibility index (Phi) is 2.25. The monoisotopic (exact) mass is 203 g/mol. The van der Waals surface area contributed by atoms with Gasteiger partial charge in [-0.3, -0.25) is 4.98 Å². The van der Waals surface area contributed by atoms with E-state index in [-0.39, 0.29) is 5.82 Å². The molecule has 15 heavy (non-hydrogen) atoms. The van der Waals surface area contributed by atoms with E-state index in [2.05, 4.69) is 4.98 Å². The summed E-state index contributed by atoms with van der Waals surface area (Å²) in [6, 6.07) is 7.90. The van der Waals surface area contributed by atoms with Crippen LogP contribution in [0.25, 0.3) is 11.3 Å². The fourth-order valence-corrected chi connectivity index (χ4v) is 1.36. The van der Waals surface area contributed by atoms with Crippen molar-refractivity contribution in [2.45, 2.75) is 0 Å². The molecule has 0 aliphatic carbocycles. The lowest BCUT2D eigenvalue weighted by atomic mass is 10.1. The third-order valence-corrected chi connectivity index (χ3v) is 2.15. The molecule has 0 amide bonds. The highest BCUT2D eigenvalue weighted by Gasteiger charge is 2.10. The van der Waals surface area contributed by atoms with Gasteiger partial charge in [0.1, 0.15) is 5.82 Å². The van der Waals surface area contributed by atoms with Crippen molar-refractivity contribution < 1.29 is 4.39 Å². The van der Waals surface area contributed by atoms with E-state index < -0.39 is 0 Å². The van der Waals surface area contributed by atoms with Crippen LogP contribution in [0.15, 0.2) is 36.5 Å². The van der Waals surface area contributed by atoms with Gasteiger partial charge in [0, 0.05) is 11.8 Å².